The van der Waals surface area contributed by atoms with Gasteiger partial charge in [-0.05, 0) is 65.1 Å². The van der Waals surface area contributed by atoms with Crippen molar-refractivity contribution in [1.82, 2.24) is 4.98 Å². The maximum Gasteiger partial charge on any atom is 0.339 e. The molecular formula is C24H18N2O3. The number of pyridine rings is 1. The van der Waals surface area contributed by atoms with Gasteiger partial charge in [-0.1, -0.05) is 30.3 Å². The van der Waals surface area contributed by atoms with Crippen molar-refractivity contribution in [2.45, 2.75) is 12.8 Å². The van der Waals surface area contributed by atoms with E-state index in [1.807, 2.05) is 42.5 Å². The van der Waals surface area contributed by atoms with Crippen LogP contribution in [0.1, 0.15) is 21.5 Å². The Bertz CT molecular complexity index is 1260. The van der Waals surface area contributed by atoms with Crippen molar-refractivity contribution in [2.24, 2.45) is 0 Å². The highest BCUT2D eigenvalue weighted by Gasteiger charge is 2.20. The van der Waals surface area contributed by atoms with Gasteiger partial charge in [0.15, 0.2) is 6.61 Å². The van der Waals surface area contributed by atoms with E-state index in [1.165, 1.54) is 11.1 Å². The number of carbonyl (C=O) groups excluding carboxylic acids is 2. The van der Waals surface area contributed by atoms with E-state index in [0.29, 0.717) is 11.3 Å². The van der Waals surface area contributed by atoms with Crippen LogP contribution in [0, 0.1) is 0 Å². The van der Waals surface area contributed by atoms with Crippen molar-refractivity contribution >= 4 is 39.2 Å². The highest BCUT2D eigenvalue weighted by Crippen LogP contribution is 2.33. The van der Waals surface area contributed by atoms with E-state index in [9.17, 15) is 9.59 Å². The fourth-order valence-electron chi connectivity index (χ4n) is 4.03. The van der Waals surface area contributed by atoms with Crippen molar-refractivity contribution in [3.05, 3.63) is 83.6 Å². The lowest BCUT2D eigenvalue weighted by molar-refractivity contribution is -0.119. The Labute approximate surface area is 167 Å². The number of nitrogens with one attached hydrogen (secondary N) is 1. The Morgan fingerprint density at radius 1 is 0.897 bits per heavy atom. The topological polar surface area (TPSA) is 68.3 Å². The van der Waals surface area contributed by atoms with Crippen molar-refractivity contribution in [1.29, 1.82) is 0 Å². The van der Waals surface area contributed by atoms with Gasteiger partial charge >= 0.3 is 5.97 Å². The molecule has 4 aromatic rings. The fraction of sp³-hybridized carbons (Fsp3) is 0.125. The molecule has 0 aliphatic heterocycles. The van der Waals surface area contributed by atoms with Crippen LogP contribution >= 0.6 is 0 Å². The predicted octanol–water partition coefficient (Wildman–Crippen LogP) is 4.28. The molecule has 1 aromatic heterocycles. The number of hydrogen-bond donors (Lipinski definition) is 1. The van der Waals surface area contributed by atoms with Gasteiger partial charge in [0.25, 0.3) is 5.91 Å². The van der Waals surface area contributed by atoms with Gasteiger partial charge < -0.3 is 10.1 Å². The molecule has 142 valence electrons. The summed E-state index contributed by atoms with van der Waals surface area (Å²) in [5.74, 6) is -0.879. The zero-order valence-corrected chi connectivity index (χ0v) is 15.6. The molecule has 0 radical (unpaired) electrons. The maximum atomic E-state index is 12.7. The van der Waals surface area contributed by atoms with Crippen LogP contribution in [0.4, 0.5) is 5.69 Å². The van der Waals surface area contributed by atoms with Crippen LogP contribution in [0.25, 0.3) is 21.7 Å². The lowest BCUT2D eigenvalue weighted by atomic mass is 10.00. The summed E-state index contributed by atoms with van der Waals surface area (Å²) in [5, 5.41) is 5.68. The van der Waals surface area contributed by atoms with Gasteiger partial charge in [0.05, 0.1) is 16.8 Å². The number of ether oxygens (including phenoxy) is 1. The molecule has 1 aliphatic carbocycles. The Hall–Kier alpha value is -3.73. The van der Waals surface area contributed by atoms with Crippen LogP contribution in [-0.2, 0) is 22.4 Å². The minimum Gasteiger partial charge on any atom is -0.452 e. The number of fused-ring (bicyclic) bond motifs is 1. The zero-order chi connectivity index (χ0) is 19.8. The molecule has 0 fully saturated rings. The van der Waals surface area contributed by atoms with E-state index in [-0.39, 0.29) is 12.5 Å². The molecule has 0 saturated heterocycles. The minimum atomic E-state index is -0.490. The summed E-state index contributed by atoms with van der Waals surface area (Å²) in [6, 6.07) is 19.0. The van der Waals surface area contributed by atoms with E-state index in [0.717, 1.165) is 34.5 Å². The second-order valence-corrected chi connectivity index (χ2v) is 7.11. The standard InChI is InChI=1S/C24H18N2O3/c27-22(26-21-8-2-7-20-19(21)6-3-13-25-20)14-29-24(28)18-12-11-16-10-9-15-4-1-5-17(18)23(15)16/h1-8,11-13H,9-10,14H2,(H,26,27). The summed E-state index contributed by atoms with van der Waals surface area (Å²) in [6.45, 7) is -0.349. The first-order valence-corrected chi connectivity index (χ1v) is 9.55. The van der Waals surface area contributed by atoms with Crippen molar-refractivity contribution in [3.8, 4) is 0 Å². The molecule has 0 bridgehead atoms. The van der Waals surface area contributed by atoms with E-state index in [4.69, 9.17) is 4.74 Å². The maximum absolute atomic E-state index is 12.7. The van der Waals surface area contributed by atoms with Crippen LogP contribution in [0.15, 0.2) is 66.9 Å². The summed E-state index contributed by atoms with van der Waals surface area (Å²) < 4.78 is 5.32. The average molecular weight is 382 g/mol. The lowest BCUT2D eigenvalue weighted by Gasteiger charge is -2.10. The number of amides is 1. The summed E-state index contributed by atoms with van der Waals surface area (Å²) >= 11 is 0. The number of esters is 1. The second kappa shape index (κ2) is 7.02. The highest BCUT2D eigenvalue weighted by atomic mass is 16.5. The van der Waals surface area contributed by atoms with Gasteiger partial charge in [-0.25, -0.2) is 4.79 Å². The third kappa shape index (κ3) is 3.10. The molecule has 0 spiro atoms. The van der Waals surface area contributed by atoms with Crippen LogP contribution in [-0.4, -0.2) is 23.5 Å². The molecule has 1 heterocycles. The van der Waals surface area contributed by atoms with Crippen LogP contribution < -0.4 is 5.32 Å². The van der Waals surface area contributed by atoms with Crippen molar-refractivity contribution in [2.75, 3.05) is 11.9 Å². The molecule has 1 aliphatic rings. The first kappa shape index (κ1) is 17.4. The number of hydrogen-bond acceptors (Lipinski definition) is 4. The summed E-state index contributed by atoms with van der Waals surface area (Å²) in [6.07, 6.45) is 3.69. The Morgan fingerprint density at radius 2 is 1.69 bits per heavy atom. The lowest BCUT2D eigenvalue weighted by Crippen LogP contribution is -2.21. The molecular weight excluding hydrogens is 364 g/mol. The van der Waals surface area contributed by atoms with Crippen LogP contribution in [0.5, 0.6) is 0 Å². The van der Waals surface area contributed by atoms with Gasteiger partial charge in [-0.3, -0.25) is 9.78 Å². The van der Waals surface area contributed by atoms with Gasteiger partial charge in [-0.15, -0.1) is 0 Å². The average Bonchev–Trinajstić information content (AvgIpc) is 3.18. The smallest absolute Gasteiger partial charge is 0.339 e. The summed E-state index contributed by atoms with van der Waals surface area (Å²) in [4.78, 5) is 29.3. The van der Waals surface area contributed by atoms with Gasteiger partial charge in [-0.2, -0.15) is 0 Å². The monoisotopic (exact) mass is 382 g/mol. The molecule has 5 nitrogen and oxygen atoms in total. The molecule has 5 heteroatoms. The first-order valence-electron chi connectivity index (χ1n) is 9.55. The Morgan fingerprint density at radius 3 is 2.59 bits per heavy atom. The number of aryl methyl sites for hydroxylation is 2. The van der Waals surface area contributed by atoms with Gasteiger partial charge in [0.1, 0.15) is 0 Å². The largest absolute Gasteiger partial charge is 0.452 e. The molecule has 5 rings (SSSR count). The van der Waals surface area contributed by atoms with Crippen molar-refractivity contribution < 1.29 is 14.3 Å². The molecule has 0 saturated carbocycles. The van der Waals surface area contributed by atoms with E-state index in [2.05, 4.69) is 16.4 Å². The number of aromatic nitrogens is 1. The minimum absolute atomic E-state index is 0.349. The number of anilines is 1. The highest BCUT2D eigenvalue weighted by molar-refractivity contribution is 6.08. The normalized spacial score (nSPS) is 12.3. The second-order valence-electron chi connectivity index (χ2n) is 7.11. The van der Waals surface area contributed by atoms with E-state index >= 15 is 0 Å². The third-order valence-corrected chi connectivity index (χ3v) is 5.35. The quantitative estimate of drug-likeness (QED) is 0.535. The Balaban J connectivity index is 1.32. The van der Waals surface area contributed by atoms with Crippen LogP contribution in [0.2, 0.25) is 0 Å². The molecule has 1 amide bonds. The fourth-order valence-corrected chi connectivity index (χ4v) is 4.03. The molecule has 0 unspecified atom stereocenters. The summed E-state index contributed by atoms with van der Waals surface area (Å²) in [5.41, 5.74) is 4.44. The number of carbonyl (C=O) groups is 2. The Kier molecular flexibility index (Phi) is 4.21. The van der Waals surface area contributed by atoms with E-state index in [1.54, 1.807) is 18.3 Å². The number of benzene rings is 3. The number of rotatable bonds is 4. The summed E-state index contributed by atoms with van der Waals surface area (Å²) in [7, 11) is 0. The molecule has 3 aromatic carbocycles. The SMILES string of the molecule is O=C(COC(=O)c1ccc2c3c(cccc13)CC2)Nc1cccc2ncccc12. The van der Waals surface area contributed by atoms with Crippen molar-refractivity contribution in [3.63, 3.8) is 0 Å². The molecule has 29 heavy (non-hydrogen) atoms. The number of nitrogens with zero attached hydrogens (tertiary/aromatic N) is 1. The molecule has 1 N–H and O–H groups in total. The van der Waals surface area contributed by atoms with Crippen LogP contribution in [0.3, 0.4) is 0 Å². The first-order chi connectivity index (χ1) is 14.2. The zero-order valence-electron chi connectivity index (χ0n) is 15.6. The predicted molar refractivity (Wildman–Crippen MR) is 112 cm³/mol. The van der Waals surface area contributed by atoms with E-state index < -0.39 is 5.97 Å². The van der Waals surface area contributed by atoms with Gasteiger partial charge in [0.2, 0.25) is 0 Å². The third-order valence-electron chi connectivity index (χ3n) is 5.35. The van der Waals surface area contributed by atoms with Gasteiger partial charge in [0, 0.05) is 11.6 Å². The molecule has 0 atom stereocenters.